The third-order valence-corrected chi connectivity index (χ3v) is 4.71. The quantitative estimate of drug-likeness (QED) is 0.773. The summed E-state index contributed by atoms with van der Waals surface area (Å²) in [6.45, 7) is 0. The van der Waals surface area contributed by atoms with Crippen molar-refractivity contribution in [3.63, 3.8) is 0 Å². The highest BCUT2D eigenvalue weighted by molar-refractivity contribution is 7.54. The number of methoxy groups -OCH3 is 3. The van der Waals surface area contributed by atoms with Gasteiger partial charge in [-0.1, -0.05) is 0 Å². The Morgan fingerprint density at radius 3 is 1.70 bits per heavy atom. The lowest BCUT2D eigenvalue weighted by molar-refractivity contribution is 0.175. The fourth-order valence-corrected chi connectivity index (χ4v) is 2.77. The summed E-state index contributed by atoms with van der Waals surface area (Å²) in [6.07, 6.45) is 0. The van der Waals surface area contributed by atoms with Crippen molar-refractivity contribution in [3.8, 4) is 17.2 Å². The third-order valence-electron chi connectivity index (χ3n) is 2.79. The summed E-state index contributed by atoms with van der Waals surface area (Å²) in [5.74, 6) is -0.430. The largest absolute Gasteiger partial charge is 0.493 e. The average molecular weight is 306 g/mol. The Balaban J connectivity index is 3.36. The van der Waals surface area contributed by atoms with E-state index < -0.39 is 13.4 Å². The van der Waals surface area contributed by atoms with Gasteiger partial charge in [0.05, 0.1) is 21.3 Å². The number of aliphatic hydroxyl groups is 1. The zero-order valence-electron chi connectivity index (χ0n) is 12.1. The van der Waals surface area contributed by atoms with E-state index in [0.717, 1.165) is 0 Å². The molecule has 0 aromatic heterocycles. The summed E-state index contributed by atoms with van der Waals surface area (Å²) in [5, 5.41) is 10.2. The first-order valence-corrected chi connectivity index (χ1v) is 7.27. The molecule has 0 aliphatic carbocycles. The molecule has 0 heterocycles. The first-order valence-electron chi connectivity index (χ1n) is 5.66. The summed E-state index contributed by atoms with van der Waals surface area (Å²) in [7, 11) is 3.08. The lowest BCUT2D eigenvalue weighted by Gasteiger charge is -2.21. The smallest absolute Gasteiger partial charge is 0.362 e. The summed E-state index contributed by atoms with van der Waals surface area (Å²) < 4.78 is 37.2. The molecule has 0 aliphatic heterocycles. The Bertz CT molecular complexity index is 470. The van der Waals surface area contributed by atoms with E-state index in [1.165, 1.54) is 47.7 Å². The second-order valence-corrected chi connectivity index (χ2v) is 6.04. The number of hydrogen-bond donors (Lipinski definition) is 1. The zero-order valence-corrected chi connectivity index (χ0v) is 13.0. The van der Waals surface area contributed by atoms with Crippen molar-refractivity contribution >= 4 is 7.60 Å². The van der Waals surface area contributed by atoms with Crippen LogP contribution >= 0.6 is 7.60 Å². The Kier molecular flexibility index (Phi) is 5.83. The van der Waals surface area contributed by atoms with Gasteiger partial charge in [0.15, 0.2) is 17.3 Å². The Morgan fingerprint density at radius 1 is 0.950 bits per heavy atom. The van der Waals surface area contributed by atoms with E-state index >= 15 is 0 Å². The summed E-state index contributed by atoms with van der Waals surface area (Å²) >= 11 is 0. The minimum Gasteiger partial charge on any atom is -0.493 e. The van der Waals surface area contributed by atoms with Gasteiger partial charge >= 0.3 is 7.60 Å². The molecule has 1 N–H and O–H groups in total. The van der Waals surface area contributed by atoms with E-state index in [4.69, 9.17) is 23.3 Å². The Morgan fingerprint density at radius 2 is 1.40 bits per heavy atom. The molecule has 0 amide bonds. The fraction of sp³-hybridized carbons (Fsp3) is 0.500. The maximum atomic E-state index is 12.2. The minimum atomic E-state index is -3.67. The molecule has 0 saturated heterocycles. The van der Waals surface area contributed by atoms with Gasteiger partial charge < -0.3 is 28.4 Å². The molecule has 8 heteroatoms. The Hall–Kier alpha value is -1.27. The van der Waals surface area contributed by atoms with Gasteiger partial charge in [-0.25, -0.2) is 0 Å². The molecule has 1 rings (SSSR count). The van der Waals surface area contributed by atoms with Gasteiger partial charge in [-0.3, -0.25) is 4.57 Å². The van der Waals surface area contributed by atoms with E-state index in [0.29, 0.717) is 17.2 Å². The number of benzene rings is 1. The molecule has 0 fully saturated rings. The molecule has 1 aromatic rings. The highest BCUT2D eigenvalue weighted by atomic mass is 31.2. The summed E-state index contributed by atoms with van der Waals surface area (Å²) in [6, 6.07) is 2.97. The summed E-state index contributed by atoms with van der Waals surface area (Å²) in [4.78, 5) is 0. The Labute approximate surface area is 117 Å². The van der Waals surface area contributed by atoms with Crippen LogP contribution in [0.15, 0.2) is 12.1 Å². The predicted molar refractivity (Wildman–Crippen MR) is 72.7 cm³/mol. The van der Waals surface area contributed by atoms with Crippen molar-refractivity contribution in [3.05, 3.63) is 17.7 Å². The van der Waals surface area contributed by atoms with Gasteiger partial charge in [-0.05, 0) is 12.1 Å². The van der Waals surface area contributed by atoms with Gasteiger partial charge in [-0.15, -0.1) is 0 Å². The van der Waals surface area contributed by atoms with Crippen LogP contribution in [0.5, 0.6) is 17.2 Å². The molecule has 7 nitrogen and oxygen atoms in total. The molecule has 0 aliphatic rings. The molecule has 0 bridgehead atoms. The predicted octanol–water partition coefficient (Wildman–Crippen LogP) is 2.19. The second-order valence-electron chi connectivity index (χ2n) is 3.74. The van der Waals surface area contributed by atoms with E-state index in [2.05, 4.69) is 0 Å². The molecular formula is C12H19O7P. The van der Waals surface area contributed by atoms with Gasteiger partial charge in [0.1, 0.15) is 0 Å². The molecule has 1 aromatic carbocycles. The van der Waals surface area contributed by atoms with Crippen LogP contribution in [0, 0.1) is 0 Å². The standard InChI is InChI=1S/C12H19O7P/c1-15-9-6-8(7-10(16-2)11(9)17-3)12(13)20(14,18-4)19-5/h6-7,12-13H,1-5H3. The molecule has 1 atom stereocenters. The average Bonchev–Trinajstić information content (AvgIpc) is 2.51. The maximum Gasteiger partial charge on any atom is 0.362 e. The highest BCUT2D eigenvalue weighted by Gasteiger charge is 2.35. The van der Waals surface area contributed by atoms with Crippen molar-refractivity contribution in [2.75, 3.05) is 35.5 Å². The van der Waals surface area contributed by atoms with Gasteiger partial charge in [0.25, 0.3) is 0 Å². The number of hydrogen-bond acceptors (Lipinski definition) is 7. The van der Waals surface area contributed by atoms with E-state index in [9.17, 15) is 9.67 Å². The lowest BCUT2D eigenvalue weighted by atomic mass is 10.2. The van der Waals surface area contributed by atoms with Crippen LogP contribution in [-0.2, 0) is 13.6 Å². The van der Waals surface area contributed by atoms with Crippen molar-refractivity contribution in [2.45, 2.75) is 5.85 Å². The van der Waals surface area contributed by atoms with Crippen LogP contribution in [0.25, 0.3) is 0 Å². The molecule has 0 spiro atoms. The molecular weight excluding hydrogens is 287 g/mol. The molecule has 20 heavy (non-hydrogen) atoms. The topological polar surface area (TPSA) is 83.5 Å². The number of ether oxygens (including phenoxy) is 3. The van der Waals surface area contributed by atoms with Gasteiger partial charge in [-0.2, -0.15) is 0 Å². The van der Waals surface area contributed by atoms with Crippen LogP contribution in [0.2, 0.25) is 0 Å². The summed E-state index contributed by atoms with van der Waals surface area (Å²) in [5.41, 5.74) is 0.270. The van der Waals surface area contributed by atoms with Crippen molar-refractivity contribution in [2.24, 2.45) is 0 Å². The second kappa shape index (κ2) is 6.95. The first kappa shape index (κ1) is 16.8. The van der Waals surface area contributed by atoms with Crippen molar-refractivity contribution < 1.29 is 32.9 Å². The van der Waals surface area contributed by atoms with Crippen LogP contribution in [0.1, 0.15) is 11.4 Å². The van der Waals surface area contributed by atoms with E-state index in [1.807, 2.05) is 0 Å². The number of aliphatic hydroxyl groups excluding tert-OH is 1. The first-order chi connectivity index (χ1) is 9.47. The lowest BCUT2D eigenvalue weighted by Crippen LogP contribution is -2.04. The molecule has 0 radical (unpaired) electrons. The molecule has 114 valence electrons. The molecule has 1 unspecified atom stereocenters. The van der Waals surface area contributed by atoms with Crippen molar-refractivity contribution in [1.29, 1.82) is 0 Å². The van der Waals surface area contributed by atoms with Crippen LogP contribution in [0.4, 0.5) is 0 Å². The third kappa shape index (κ3) is 3.07. The molecule has 0 saturated carbocycles. The maximum absolute atomic E-state index is 12.2. The zero-order chi connectivity index (χ0) is 15.3. The van der Waals surface area contributed by atoms with E-state index in [-0.39, 0.29) is 5.56 Å². The van der Waals surface area contributed by atoms with Gasteiger partial charge in [0, 0.05) is 19.8 Å². The van der Waals surface area contributed by atoms with Crippen molar-refractivity contribution in [1.82, 2.24) is 0 Å². The van der Waals surface area contributed by atoms with Crippen LogP contribution < -0.4 is 14.2 Å². The highest BCUT2D eigenvalue weighted by Crippen LogP contribution is 2.59. The van der Waals surface area contributed by atoms with Crippen LogP contribution in [-0.4, -0.2) is 40.7 Å². The van der Waals surface area contributed by atoms with E-state index in [1.54, 1.807) is 0 Å². The normalized spacial score (nSPS) is 12.9. The SMILES string of the molecule is COc1cc(C(O)P(=O)(OC)OC)cc(OC)c1OC. The van der Waals surface area contributed by atoms with Gasteiger partial charge in [0.2, 0.25) is 5.75 Å². The minimum absolute atomic E-state index is 0.270. The van der Waals surface area contributed by atoms with Crippen LogP contribution in [0.3, 0.4) is 0 Å². The fourth-order valence-electron chi connectivity index (χ4n) is 1.71. The number of rotatable bonds is 7. The monoisotopic (exact) mass is 306 g/mol.